The standard InChI is InChI=1S/C11H11NO.C10H11NO.C10H7NO.2C8H7ClO2.C8H6O2.C6H6O.7C2H6/c1-2-4-10-8(3-1)9-5-6-12-7-11(9)13-10;2*11-6-5-8-7-12-10-4-2-1-3-9(8)10;9-5-8(11)6-3-1-2-4-7(6)10;9-6-8(10)11-7-4-2-1-3-5-7;9-7-5-10-8-4-2-1-3-6(7)8;7-6-4-2-1-3-5-6;7*1-2/h1-4,12H,5-7H2;1-4,7H,5-6,11H2;1-4,7H,5H2;1-4,10H,5H2;1-5H,6H2;1-4H,5H2;1-5,7H;7*1-2H3. The number of alkyl halides is 2. The van der Waals surface area contributed by atoms with Crippen LogP contribution in [0, 0.1) is 11.3 Å². The lowest BCUT2D eigenvalue weighted by atomic mass is 10.1. The molecule has 0 saturated carbocycles. The predicted octanol–water partition coefficient (Wildman–Crippen LogP) is 20.0. The first kappa shape index (κ1) is 83.4. The fraction of sp³-hybridized carbons (Fsp3) is 0.307. The summed E-state index contributed by atoms with van der Waals surface area (Å²) in [6, 6.07) is 57.3. The van der Waals surface area contributed by atoms with Gasteiger partial charge in [0.15, 0.2) is 12.4 Å². The number of hydrogen-bond donors (Lipinski definition) is 4. The number of carbonyl (C=O) groups excluding carboxylic acids is 3. The predicted molar refractivity (Wildman–Crippen MR) is 376 cm³/mol. The largest absolute Gasteiger partial charge is 0.508 e. The Morgan fingerprint density at radius 2 is 1.07 bits per heavy atom. The lowest BCUT2D eigenvalue weighted by Crippen LogP contribution is -2.22. The Hall–Kier alpha value is -8.64. The van der Waals surface area contributed by atoms with Crippen LogP contribution in [0.4, 0.5) is 0 Å². The van der Waals surface area contributed by atoms with Gasteiger partial charge in [0.1, 0.15) is 51.4 Å². The summed E-state index contributed by atoms with van der Waals surface area (Å²) in [5, 5.41) is 33.1. The van der Waals surface area contributed by atoms with E-state index in [1.807, 2.05) is 176 Å². The summed E-state index contributed by atoms with van der Waals surface area (Å²) in [5.74, 6) is 1.84. The number of nitrogens with zero attached hydrogens (tertiary/aromatic N) is 1. The number of phenolic OH excluding ortho intramolecular Hbond substituents is 2. The van der Waals surface area contributed by atoms with E-state index in [1.165, 1.54) is 28.0 Å². The van der Waals surface area contributed by atoms with Crippen LogP contribution in [-0.2, 0) is 30.6 Å². The monoisotopic (exact) mass is 1270 g/mol. The summed E-state index contributed by atoms with van der Waals surface area (Å²) in [6.45, 7) is 30.8. The molecule has 90 heavy (non-hydrogen) atoms. The van der Waals surface area contributed by atoms with Crippen LogP contribution in [-0.4, -0.2) is 59.2 Å². The molecule has 0 radical (unpaired) electrons. The molecule has 5 heterocycles. The number of benzene rings is 7. The van der Waals surface area contributed by atoms with E-state index in [9.17, 15) is 14.4 Å². The van der Waals surface area contributed by atoms with E-state index >= 15 is 0 Å². The topological polar surface area (TPSA) is 211 Å². The lowest BCUT2D eigenvalue weighted by molar-refractivity contribution is -0.131. The van der Waals surface area contributed by atoms with E-state index in [1.54, 1.807) is 91.4 Å². The molecule has 12 rings (SSSR count). The number of ketones is 2. The maximum atomic E-state index is 10.9. The quantitative estimate of drug-likeness (QED) is 0.0507. The molecule has 2 aliphatic rings. The Morgan fingerprint density at radius 3 is 1.58 bits per heavy atom. The first-order chi connectivity index (χ1) is 44.1. The molecule has 0 bridgehead atoms. The summed E-state index contributed by atoms with van der Waals surface area (Å²) in [6.07, 6.45) is 5.83. The normalized spacial score (nSPS) is 10.1. The van der Waals surface area contributed by atoms with E-state index in [2.05, 4.69) is 29.6 Å². The van der Waals surface area contributed by atoms with Crippen LogP contribution >= 0.6 is 23.2 Å². The van der Waals surface area contributed by atoms with Gasteiger partial charge < -0.3 is 44.0 Å². The Kier molecular flexibility index (Phi) is 50.5. The van der Waals surface area contributed by atoms with Gasteiger partial charge in [-0.1, -0.05) is 212 Å². The molecular formula is C75H97Cl2N3O10. The Bertz CT molecular complexity index is 3440. The Balaban J connectivity index is 0. The van der Waals surface area contributed by atoms with E-state index in [4.69, 9.17) is 67.1 Å². The number of esters is 1. The number of furan rings is 3. The third kappa shape index (κ3) is 30.5. The van der Waals surface area contributed by atoms with Crippen molar-refractivity contribution in [2.75, 3.05) is 31.5 Å². The number of halogens is 2. The Labute approximate surface area is 545 Å². The molecule has 0 spiro atoms. The van der Waals surface area contributed by atoms with E-state index in [0.29, 0.717) is 35.8 Å². The molecule has 0 atom stereocenters. The van der Waals surface area contributed by atoms with E-state index in [0.717, 1.165) is 59.4 Å². The SMILES string of the molecule is CC.CC.CC.CC.CC.CC.CC.N#CCc1coc2ccccc12.NCCc1coc2ccccc12.O=C(CCl)Oc1ccccc1.O=C(CCl)c1ccccc1O.O=C1COc2ccccc21.Oc1ccccc1.c1ccc2c3c(oc2c1)CNCC3. The minimum atomic E-state index is -0.433. The summed E-state index contributed by atoms with van der Waals surface area (Å²) < 4.78 is 26.2. The zero-order valence-electron chi connectivity index (χ0n) is 55.3. The van der Waals surface area contributed by atoms with Crippen LogP contribution in [0.2, 0.25) is 0 Å². The minimum absolute atomic E-state index is 0.0156. The van der Waals surface area contributed by atoms with Crippen molar-refractivity contribution in [2.24, 2.45) is 5.73 Å². The molecule has 2 aliphatic heterocycles. The van der Waals surface area contributed by atoms with E-state index in [-0.39, 0.29) is 41.2 Å². The molecule has 5 N–H and O–H groups in total. The second-order valence-corrected chi connectivity index (χ2v) is 16.9. The molecule has 486 valence electrons. The molecule has 0 aliphatic carbocycles. The number of fused-ring (bicyclic) bond motifs is 6. The van der Waals surface area contributed by atoms with Crippen molar-refractivity contribution in [3.8, 4) is 29.1 Å². The number of nitriles is 1. The lowest BCUT2D eigenvalue weighted by Gasteiger charge is -2.10. The maximum absolute atomic E-state index is 10.9. The van der Waals surface area contributed by atoms with Crippen molar-refractivity contribution in [1.29, 1.82) is 5.26 Å². The summed E-state index contributed by atoms with van der Waals surface area (Å²) in [4.78, 5) is 32.5. The molecule has 0 unspecified atom stereocenters. The highest BCUT2D eigenvalue weighted by atomic mass is 35.5. The van der Waals surface area contributed by atoms with Gasteiger partial charge in [0, 0.05) is 27.3 Å². The molecular weight excluding hydrogens is 1170 g/mol. The van der Waals surface area contributed by atoms with E-state index < -0.39 is 5.97 Å². The fourth-order valence-electron chi connectivity index (χ4n) is 7.52. The van der Waals surface area contributed by atoms with Crippen molar-refractivity contribution in [3.63, 3.8) is 0 Å². The highest BCUT2D eigenvalue weighted by molar-refractivity contribution is 6.30. The van der Waals surface area contributed by atoms with Gasteiger partial charge in [-0.15, -0.1) is 23.2 Å². The van der Waals surface area contributed by atoms with Crippen LogP contribution in [0.15, 0.2) is 208 Å². The third-order valence-corrected chi connectivity index (χ3v) is 11.6. The van der Waals surface area contributed by atoms with Crippen LogP contribution in [0.5, 0.6) is 23.0 Å². The number of para-hydroxylation sites is 7. The minimum Gasteiger partial charge on any atom is -0.508 e. The first-order valence-electron chi connectivity index (χ1n) is 31.0. The zero-order chi connectivity index (χ0) is 67.9. The number of ether oxygens (including phenoxy) is 2. The average Bonchev–Trinajstić information content (AvgIpc) is 1.81. The maximum Gasteiger partial charge on any atom is 0.326 e. The van der Waals surface area contributed by atoms with Gasteiger partial charge in [0.25, 0.3) is 0 Å². The number of nitrogens with two attached hydrogens (primary N) is 1. The van der Waals surface area contributed by atoms with Crippen LogP contribution in [0.1, 0.15) is 140 Å². The smallest absolute Gasteiger partial charge is 0.326 e. The van der Waals surface area contributed by atoms with Gasteiger partial charge >= 0.3 is 5.97 Å². The first-order valence-corrected chi connectivity index (χ1v) is 32.1. The molecule has 0 saturated heterocycles. The zero-order valence-corrected chi connectivity index (χ0v) is 56.8. The number of aromatic hydroxyl groups is 2. The van der Waals surface area contributed by atoms with Gasteiger partial charge in [-0.05, 0) is 98.2 Å². The number of carbonyl (C=O) groups is 3. The van der Waals surface area contributed by atoms with Crippen LogP contribution in [0.3, 0.4) is 0 Å². The van der Waals surface area contributed by atoms with Gasteiger partial charge in [0.2, 0.25) is 5.78 Å². The molecule has 3 aromatic heterocycles. The van der Waals surface area contributed by atoms with Crippen LogP contribution in [0.25, 0.3) is 32.9 Å². The van der Waals surface area contributed by atoms with Crippen LogP contribution < -0.4 is 20.5 Å². The van der Waals surface area contributed by atoms with Gasteiger partial charge in [-0.3, -0.25) is 14.4 Å². The Morgan fingerprint density at radius 1 is 0.589 bits per heavy atom. The molecule has 13 nitrogen and oxygen atoms in total. The number of nitrogens with one attached hydrogen (secondary N) is 1. The number of Topliss-reactive ketones (excluding diaryl/α,β-unsaturated/α-hetero) is 2. The number of phenols is 2. The average molecular weight is 1270 g/mol. The summed E-state index contributed by atoms with van der Waals surface area (Å²) >= 11 is 10.5. The highest BCUT2D eigenvalue weighted by Crippen LogP contribution is 2.28. The number of rotatable bonds is 7. The second-order valence-electron chi connectivity index (χ2n) is 16.4. The summed E-state index contributed by atoms with van der Waals surface area (Å²) in [5.41, 5.74) is 12.8. The molecule has 0 fully saturated rings. The number of hydrogen-bond acceptors (Lipinski definition) is 13. The van der Waals surface area contributed by atoms with Gasteiger partial charge in [0.05, 0.1) is 48.6 Å². The fourth-order valence-corrected chi connectivity index (χ4v) is 7.72. The molecule has 7 aromatic carbocycles. The van der Waals surface area contributed by atoms with Crippen molar-refractivity contribution in [3.05, 3.63) is 228 Å². The molecule has 15 heteroatoms. The highest BCUT2D eigenvalue weighted by Gasteiger charge is 2.19. The van der Waals surface area contributed by atoms with Crippen molar-refractivity contribution >= 4 is 73.6 Å². The van der Waals surface area contributed by atoms with Gasteiger partial charge in [-0.2, -0.15) is 5.26 Å². The molecule has 0 amide bonds. The third-order valence-electron chi connectivity index (χ3n) is 11.1. The van der Waals surface area contributed by atoms with Crippen molar-refractivity contribution < 1.29 is 47.3 Å². The molecule has 10 aromatic rings. The second kappa shape index (κ2) is 54.5. The summed E-state index contributed by atoms with van der Waals surface area (Å²) in [7, 11) is 0. The van der Waals surface area contributed by atoms with Crippen molar-refractivity contribution in [2.45, 2.75) is 123 Å². The van der Waals surface area contributed by atoms with Crippen molar-refractivity contribution in [1.82, 2.24) is 5.32 Å². The van der Waals surface area contributed by atoms with Gasteiger partial charge in [-0.25, -0.2) is 0 Å².